The van der Waals surface area contributed by atoms with E-state index < -0.39 is 5.97 Å². The normalized spacial score (nSPS) is 12.2. The lowest BCUT2D eigenvalue weighted by Crippen LogP contribution is -2.26. The molecule has 1 aromatic carbocycles. The van der Waals surface area contributed by atoms with E-state index in [9.17, 15) is 4.79 Å². The second-order valence-electron chi connectivity index (χ2n) is 3.92. The highest BCUT2D eigenvalue weighted by atomic mass is 16.7. The van der Waals surface area contributed by atoms with E-state index in [4.69, 9.17) is 14.6 Å². The van der Waals surface area contributed by atoms with E-state index in [1.54, 1.807) is 6.08 Å². The molecule has 1 N–H and O–H groups in total. The van der Waals surface area contributed by atoms with Gasteiger partial charge in [-0.3, -0.25) is 4.79 Å². The fraction of sp³-hybridized carbons (Fsp3) is 0.308. The molecule has 0 aliphatic carbocycles. The average Bonchev–Trinajstić information content (AvgIpc) is 2.81. The molecule has 0 saturated heterocycles. The summed E-state index contributed by atoms with van der Waals surface area (Å²) in [6.45, 7) is 4.93. The molecule has 0 radical (unpaired) electrons. The minimum atomic E-state index is -0.815. The largest absolute Gasteiger partial charge is 0.481 e. The predicted octanol–water partition coefficient (Wildman–Crippen LogP) is 1.88. The Bertz CT molecular complexity index is 458. The van der Waals surface area contributed by atoms with Crippen LogP contribution in [0, 0.1) is 0 Å². The Labute approximate surface area is 105 Å². The second kappa shape index (κ2) is 5.44. The Morgan fingerprint density at radius 2 is 2.22 bits per heavy atom. The van der Waals surface area contributed by atoms with E-state index in [0.29, 0.717) is 18.8 Å². The van der Waals surface area contributed by atoms with Crippen LogP contribution in [0.1, 0.15) is 6.42 Å². The summed E-state index contributed by atoms with van der Waals surface area (Å²) in [4.78, 5) is 12.6. The van der Waals surface area contributed by atoms with Gasteiger partial charge in [-0.05, 0) is 12.1 Å². The molecule has 1 heterocycles. The zero-order chi connectivity index (χ0) is 13.0. The Hall–Kier alpha value is -2.17. The Morgan fingerprint density at radius 1 is 1.44 bits per heavy atom. The Kier molecular flexibility index (Phi) is 3.72. The van der Waals surface area contributed by atoms with Gasteiger partial charge in [-0.15, -0.1) is 6.58 Å². The standard InChI is InChI=1S/C13H15NO4/c1-2-6-14(7-5-13(15)16)10-3-4-11-12(8-10)18-9-17-11/h2-4,8H,1,5-7,9H2,(H,15,16). The number of hydrogen-bond acceptors (Lipinski definition) is 4. The van der Waals surface area contributed by atoms with Gasteiger partial charge in [0.2, 0.25) is 6.79 Å². The first-order chi connectivity index (χ1) is 8.70. The summed E-state index contributed by atoms with van der Waals surface area (Å²) in [6.07, 6.45) is 1.83. The highest BCUT2D eigenvalue weighted by molar-refractivity contribution is 5.68. The van der Waals surface area contributed by atoms with E-state index in [0.717, 1.165) is 11.4 Å². The third kappa shape index (κ3) is 2.74. The van der Waals surface area contributed by atoms with Crippen molar-refractivity contribution in [3.05, 3.63) is 30.9 Å². The summed E-state index contributed by atoms with van der Waals surface area (Å²) < 4.78 is 10.5. The lowest BCUT2D eigenvalue weighted by atomic mass is 10.2. The average molecular weight is 249 g/mol. The zero-order valence-corrected chi connectivity index (χ0v) is 9.96. The van der Waals surface area contributed by atoms with E-state index in [2.05, 4.69) is 6.58 Å². The predicted molar refractivity (Wildman–Crippen MR) is 67.2 cm³/mol. The number of hydrogen-bond donors (Lipinski definition) is 1. The number of fused-ring (bicyclic) bond motifs is 1. The van der Waals surface area contributed by atoms with Crippen LogP contribution in [0.2, 0.25) is 0 Å². The van der Waals surface area contributed by atoms with Gasteiger partial charge in [0.1, 0.15) is 0 Å². The third-order valence-corrected chi connectivity index (χ3v) is 2.67. The van der Waals surface area contributed by atoms with Crippen LogP contribution in [0.15, 0.2) is 30.9 Å². The van der Waals surface area contributed by atoms with E-state index in [-0.39, 0.29) is 13.2 Å². The van der Waals surface area contributed by atoms with Gasteiger partial charge in [0.25, 0.3) is 0 Å². The van der Waals surface area contributed by atoms with E-state index in [1.807, 2.05) is 23.1 Å². The van der Waals surface area contributed by atoms with Crippen LogP contribution in [-0.2, 0) is 4.79 Å². The zero-order valence-electron chi connectivity index (χ0n) is 9.96. The van der Waals surface area contributed by atoms with Crippen LogP contribution in [-0.4, -0.2) is 31.0 Å². The molecular weight excluding hydrogens is 234 g/mol. The van der Waals surface area contributed by atoms with Crippen molar-refractivity contribution >= 4 is 11.7 Å². The number of nitrogens with zero attached hydrogens (tertiary/aromatic N) is 1. The molecule has 5 heteroatoms. The van der Waals surface area contributed by atoms with Crippen molar-refractivity contribution in [1.82, 2.24) is 0 Å². The van der Waals surface area contributed by atoms with Gasteiger partial charge >= 0.3 is 5.97 Å². The second-order valence-corrected chi connectivity index (χ2v) is 3.92. The quantitative estimate of drug-likeness (QED) is 0.780. The first kappa shape index (κ1) is 12.3. The molecule has 0 amide bonds. The molecule has 96 valence electrons. The van der Waals surface area contributed by atoms with Crippen LogP contribution in [0.5, 0.6) is 11.5 Å². The number of carboxylic acids is 1. The Balaban J connectivity index is 2.14. The molecule has 1 aromatic rings. The fourth-order valence-corrected chi connectivity index (χ4v) is 1.79. The maximum absolute atomic E-state index is 10.6. The van der Waals surface area contributed by atoms with Crippen molar-refractivity contribution < 1.29 is 19.4 Å². The van der Waals surface area contributed by atoms with Crippen LogP contribution in [0.25, 0.3) is 0 Å². The molecule has 1 aliphatic rings. The monoisotopic (exact) mass is 249 g/mol. The van der Waals surface area contributed by atoms with Crippen molar-refractivity contribution in [3.63, 3.8) is 0 Å². The maximum atomic E-state index is 10.6. The maximum Gasteiger partial charge on any atom is 0.305 e. The van der Waals surface area contributed by atoms with Crippen LogP contribution in [0.4, 0.5) is 5.69 Å². The number of carbonyl (C=O) groups is 1. The highest BCUT2D eigenvalue weighted by Crippen LogP contribution is 2.35. The van der Waals surface area contributed by atoms with Gasteiger partial charge in [-0.25, -0.2) is 0 Å². The van der Waals surface area contributed by atoms with Crippen LogP contribution >= 0.6 is 0 Å². The molecule has 0 aromatic heterocycles. The van der Waals surface area contributed by atoms with Crippen molar-refractivity contribution in [2.24, 2.45) is 0 Å². The van der Waals surface area contributed by atoms with Gasteiger partial charge in [-0.2, -0.15) is 0 Å². The SMILES string of the molecule is C=CCN(CCC(=O)O)c1ccc2c(c1)OCO2. The molecule has 0 unspecified atom stereocenters. The summed E-state index contributed by atoms with van der Waals surface area (Å²) in [6, 6.07) is 5.57. The van der Waals surface area contributed by atoms with Crippen LogP contribution < -0.4 is 14.4 Å². The van der Waals surface area contributed by atoms with E-state index in [1.165, 1.54) is 0 Å². The first-order valence-electron chi connectivity index (χ1n) is 5.68. The minimum Gasteiger partial charge on any atom is -0.481 e. The molecule has 0 saturated carbocycles. The lowest BCUT2D eigenvalue weighted by Gasteiger charge is -2.22. The number of ether oxygens (including phenoxy) is 2. The Morgan fingerprint density at radius 3 is 2.94 bits per heavy atom. The molecule has 0 spiro atoms. The molecule has 0 bridgehead atoms. The molecule has 0 fully saturated rings. The van der Waals surface area contributed by atoms with Gasteiger partial charge in [-0.1, -0.05) is 6.08 Å². The molecule has 1 aliphatic heterocycles. The molecule has 18 heavy (non-hydrogen) atoms. The molecular formula is C13H15NO4. The van der Waals surface area contributed by atoms with Crippen molar-refractivity contribution in [2.75, 3.05) is 24.8 Å². The molecule has 0 atom stereocenters. The smallest absolute Gasteiger partial charge is 0.305 e. The fourth-order valence-electron chi connectivity index (χ4n) is 1.79. The topological polar surface area (TPSA) is 59.0 Å². The first-order valence-corrected chi connectivity index (χ1v) is 5.68. The van der Waals surface area contributed by atoms with Gasteiger partial charge in [0.05, 0.1) is 6.42 Å². The van der Waals surface area contributed by atoms with Gasteiger partial charge in [0, 0.05) is 24.8 Å². The number of rotatable bonds is 6. The summed E-state index contributed by atoms with van der Waals surface area (Å²) in [5.74, 6) is 0.595. The summed E-state index contributed by atoms with van der Waals surface area (Å²) in [7, 11) is 0. The van der Waals surface area contributed by atoms with E-state index >= 15 is 0 Å². The number of aliphatic carboxylic acids is 1. The summed E-state index contributed by atoms with van der Waals surface area (Å²) in [5, 5.41) is 8.74. The highest BCUT2D eigenvalue weighted by Gasteiger charge is 2.15. The molecule has 5 nitrogen and oxygen atoms in total. The summed E-state index contributed by atoms with van der Waals surface area (Å²) in [5.41, 5.74) is 0.903. The number of carboxylic acid groups (broad SMARTS) is 1. The van der Waals surface area contributed by atoms with Gasteiger partial charge in [0.15, 0.2) is 11.5 Å². The minimum absolute atomic E-state index is 0.0856. The molecule has 2 rings (SSSR count). The van der Waals surface area contributed by atoms with Crippen molar-refractivity contribution in [2.45, 2.75) is 6.42 Å². The van der Waals surface area contributed by atoms with Crippen LogP contribution in [0.3, 0.4) is 0 Å². The number of benzene rings is 1. The lowest BCUT2D eigenvalue weighted by molar-refractivity contribution is -0.136. The van der Waals surface area contributed by atoms with Gasteiger partial charge < -0.3 is 19.5 Å². The van der Waals surface area contributed by atoms with Crippen molar-refractivity contribution in [1.29, 1.82) is 0 Å². The third-order valence-electron chi connectivity index (χ3n) is 2.67. The van der Waals surface area contributed by atoms with Crippen molar-refractivity contribution in [3.8, 4) is 11.5 Å². The summed E-state index contributed by atoms with van der Waals surface area (Å²) >= 11 is 0. The number of anilines is 1.